The summed E-state index contributed by atoms with van der Waals surface area (Å²) in [5.41, 5.74) is 7.78. The third-order valence-corrected chi connectivity index (χ3v) is 4.98. The smallest absolute Gasteiger partial charge is 0.241 e. The summed E-state index contributed by atoms with van der Waals surface area (Å²) in [6, 6.07) is 8.32. The van der Waals surface area contributed by atoms with Gasteiger partial charge in [0.05, 0.1) is 19.0 Å². The van der Waals surface area contributed by atoms with Gasteiger partial charge in [-0.25, -0.2) is 4.99 Å². The third kappa shape index (κ3) is 7.73. The number of aliphatic imine (C=N–C) groups is 1. The van der Waals surface area contributed by atoms with E-state index in [9.17, 15) is 9.59 Å². The van der Waals surface area contributed by atoms with E-state index in [1.807, 2.05) is 19.1 Å². The van der Waals surface area contributed by atoms with E-state index in [1.54, 1.807) is 19.0 Å². The minimum absolute atomic E-state index is 0.00611. The number of benzene rings is 1. The highest BCUT2D eigenvalue weighted by molar-refractivity contribution is 5.86. The molecule has 0 bridgehead atoms. The lowest BCUT2D eigenvalue weighted by molar-refractivity contribution is -0.127. The summed E-state index contributed by atoms with van der Waals surface area (Å²) >= 11 is 0. The Kier molecular flexibility index (Phi) is 8.92. The highest BCUT2D eigenvalue weighted by atomic mass is 16.2. The molecule has 8 nitrogen and oxygen atoms in total. The summed E-state index contributed by atoms with van der Waals surface area (Å²) in [5, 5.41) is 6.22. The molecule has 1 saturated heterocycles. The number of likely N-dealkylation sites (N-methyl/N-ethyl adjacent to an activating group) is 1. The number of likely N-dealkylation sites (tertiary alicyclic amines) is 1. The molecule has 1 aromatic rings. The molecule has 160 valence electrons. The molecule has 2 rings (SSSR count). The Balaban J connectivity index is 1.95. The topological polar surface area (TPSA) is 103 Å². The zero-order chi connectivity index (χ0) is 21.2. The van der Waals surface area contributed by atoms with Gasteiger partial charge in [0.2, 0.25) is 11.8 Å². The molecule has 4 N–H and O–H groups in total. The van der Waals surface area contributed by atoms with Crippen molar-refractivity contribution in [3.8, 4) is 0 Å². The number of nitrogens with zero attached hydrogens (tertiary/aromatic N) is 3. The van der Waals surface area contributed by atoms with E-state index in [0.29, 0.717) is 12.5 Å². The van der Waals surface area contributed by atoms with Gasteiger partial charge in [-0.2, -0.15) is 0 Å². The molecule has 1 aliphatic heterocycles. The second-order valence-electron chi connectivity index (χ2n) is 7.63. The minimum Gasteiger partial charge on any atom is -0.369 e. The van der Waals surface area contributed by atoms with Crippen molar-refractivity contribution in [3.05, 3.63) is 35.4 Å². The van der Waals surface area contributed by atoms with E-state index in [2.05, 4.69) is 32.7 Å². The summed E-state index contributed by atoms with van der Waals surface area (Å²) < 4.78 is 0. The lowest BCUT2D eigenvalue weighted by Crippen LogP contribution is -2.42. The lowest BCUT2D eigenvalue weighted by Gasteiger charge is -2.31. The van der Waals surface area contributed by atoms with Gasteiger partial charge in [0.25, 0.3) is 0 Å². The number of carbonyl (C=O) groups is 2. The maximum Gasteiger partial charge on any atom is 0.241 e. The second-order valence-corrected chi connectivity index (χ2v) is 7.63. The van der Waals surface area contributed by atoms with Gasteiger partial charge in [-0.05, 0) is 37.4 Å². The number of nitrogens with one attached hydrogen (secondary N) is 2. The number of hydrogen-bond donors (Lipinski definition) is 3. The molecule has 0 aliphatic carbocycles. The van der Waals surface area contributed by atoms with Gasteiger partial charge in [0.15, 0.2) is 5.96 Å². The van der Waals surface area contributed by atoms with Crippen molar-refractivity contribution < 1.29 is 9.59 Å². The van der Waals surface area contributed by atoms with Gasteiger partial charge in [0.1, 0.15) is 0 Å². The number of carbonyl (C=O) groups excluding carboxylic acids is 2. The van der Waals surface area contributed by atoms with Crippen molar-refractivity contribution >= 4 is 17.8 Å². The van der Waals surface area contributed by atoms with Crippen LogP contribution < -0.4 is 16.4 Å². The van der Waals surface area contributed by atoms with E-state index < -0.39 is 0 Å². The monoisotopic (exact) mass is 402 g/mol. The zero-order valence-electron chi connectivity index (χ0n) is 17.8. The lowest BCUT2D eigenvalue weighted by atomic mass is 9.97. The van der Waals surface area contributed by atoms with Crippen molar-refractivity contribution in [2.75, 3.05) is 40.3 Å². The van der Waals surface area contributed by atoms with E-state index >= 15 is 0 Å². The first-order valence-electron chi connectivity index (χ1n) is 10.2. The number of primary amides is 1. The maximum absolute atomic E-state index is 11.8. The van der Waals surface area contributed by atoms with Crippen LogP contribution in [0.25, 0.3) is 0 Å². The van der Waals surface area contributed by atoms with Crippen molar-refractivity contribution in [2.45, 2.75) is 32.9 Å². The third-order valence-electron chi connectivity index (χ3n) is 4.98. The van der Waals surface area contributed by atoms with Crippen molar-refractivity contribution in [1.29, 1.82) is 0 Å². The highest BCUT2D eigenvalue weighted by Crippen LogP contribution is 2.19. The SMILES string of the molecule is CCNC(=NCc1cccc(CN2CCCC(C(N)=O)C2)c1)NCC(=O)N(C)C. The van der Waals surface area contributed by atoms with Gasteiger partial charge in [-0.3, -0.25) is 14.5 Å². The normalized spacial score (nSPS) is 17.6. The number of rotatable bonds is 8. The molecule has 0 spiro atoms. The summed E-state index contributed by atoms with van der Waals surface area (Å²) in [5.74, 6) is 0.367. The van der Waals surface area contributed by atoms with Crippen LogP contribution in [0.4, 0.5) is 0 Å². The molecule has 2 amide bonds. The van der Waals surface area contributed by atoms with Gasteiger partial charge in [-0.1, -0.05) is 24.3 Å². The molecule has 8 heteroatoms. The second kappa shape index (κ2) is 11.4. The Bertz CT molecular complexity index is 719. The molecular formula is C21H34N6O2. The van der Waals surface area contributed by atoms with Crippen LogP contribution in [-0.2, 0) is 22.7 Å². The Morgan fingerprint density at radius 2 is 2.03 bits per heavy atom. The maximum atomic E-state index is 11.8. The fourth-order valence-electron chi connectivity index (χ4n) is 3.35. The largest absolute Gasteiger partial charge is 0.369 e. The van der Waals surface area contributed by atoms with Crippen LogP contribution >= 0.6 is 0 Å². The van der Waals surface area contributed by atoms with Crippen LogP contribution in [0.2, 0.25) is 0 Å². The molecule has 29 heavy (non-hydrogen) atoms. The number of amides is 2. The van der Waals surface area contributed by atoms with Crippen LogP contribution in [0.3, 0.4) is 0 Å². The standard InChI is InChI=1S/C21H34N6O2/c1-4-23-21(25-13-19(28)26(2)3)24-12-16-7-5-8-17(11-16)14-27-10-6-9-18(15-27)20(22)29/h5,7-8,11,18H,4,6,9-10,12-15H2,1-3H3,(H2,22,29)(H2,23,24,25). The van der Waals surface area contributed by atoms with Crippen LogP contribution in [0.5, 0.6) is 0 Å². The molecule has 1 unspecified atom stereocenters. The molecular weight excluding hydrogens is 368 g/mol. The van der Waals surface area contributed by atoms with Gasteiger partial charge < -0.3 is 21.3 Å². The number of piperidine rings is 1. The summed E-state index contributed by atoms with van der Waals surface area (Å²) in [6.07, 6.45) is 1.89. The Labute approximate surface area is 173 Å². The number of nitrogens with two attached hydrogens (primary N) is 1. The molecule has 1 aliphatic rings. The number of guanidine groups is 1. The molecule has 1 atom stereocenters. The quantitative estimate of drug-likeness (QED) is 0.435. The molecule has 0 radical (unpaired) electrons. The Morgan fingerprint density at radius 3 is 2.72 bits per heavy atom. The first-order chi connectivity index (χ1) is 13.9. The summed E-state index contributed by atoms with van der Waals surface area (Å²) in [4.78, 5) is 31.7. The van der Waals surface area contributed by atoms with Crippen molar-refractivity contribution in [2.24, 2.45) is 16.6 Å². The van der Waals surface area contributed by atoms with Crippen LogP contribution in [-0.4, -0.2) is 67.8 Å². The van der Waals surface area contributed by atoms with Gasteiger partial charge >= 0.3 is 0 Å². The average molecular weight is 403 g/mol. The molecule has 1 aromatic carbocycles. The fourth-order valence-corrected chi connectivity index (χ4v) is 3.35. The fraction of sp³-hybridized carbons (Fsp3) is 0.571. The molecule has 0 saturated carbocycles. The van der Waals surface area contributed by atoms with Gasteiger partial charge in [0, 0.05) is 33.7 Å². The summed E-state index contributed by atoms with van der Waals surface area (Å²) in [6.45, 7) is 5.95. The predicted octanol–water partition coefficient (Wildman–Crippen LogP) is 0.527. The van der Waals surface area contributed by atoms with Crippen LogP contribution in [0.15, 0.2) is 29.3 Å². The predicted molar refractivity (Wildman–Crippen MR) is 115 cm³/mol. The van der Waals surface area contributed by atoms with E-state index in [4.69, 9.17) is 5.73 Å². The van der Waals surface area contributed by atoms with E-state index in [1.165, 1.54) is 5.56 Å². The summed E-state index contributed by atoms with van der Waals surface area (Å²) in [7, 11) is 3.46. The van der Waals surface area contributed by atoms with Crippen molar-refractivity contribution in [1.82, 2.24) is 20.4 Å². The molecule has 0 aromatic heterocycles. The zero-order valence-corrected chi connectivity index (χ0v) is 17.8. The minimum atomic E-state index is -0.200. The first kappa shape index (κ1) is 22.7. The average Bonchev–Trinajstić information content (AvgIpc) is 2.70. The first-order valence-corrected chi connectivity index (χ1v) is 10.2. The van der Waals surface area contributed by atoms with E-state index in [-0.39, 0.29) is 24.3 Å². The highest BCUT2D eigenvalue weighted by Gasteiger charge is 2.23. The van der Waals surface area contributed by atoms with Gasteiger partial charge in [-0.15, -0.1) is 0 Å². The molecule has 1 heterocycles. The van der Waals surface area contributed by atoms with Crippen molar-refractivity contribution in [3.63, 3.8) is 0 Å². The Hall–Kier alpha value is -2.61. The van der Waals surface area contributed by atoms with Crippen LogP contribution in [0, 0.1) is 5.92 Å². The number of hydrogen-bond acceptors (Lipinski definition) is 4. The van der Waals surface area contributed by atoms with E-state index in [0.717, 1.165) is 44.6 Å². The van der Waals surface area contributed by atoms with Crippen LogP contribution in [0.1, 0.15) is 30.9 Å². The Morgan fingerprint density at radius 1 is 1.28 bits per heavy atom. The molecule has 1 fully saturated rings.